The largest absolute Gasteiger partial charge is 0.0622 e. The van der Waals surface area contributed by atoms with Crippen molar-refractivity contribution in [2.24, 2.45) is 0 Å². The summed E-state index contributed by atoms with van der Waals surface area (Å²) in [5.41, 5.74) is 17.1. The van der Waals surface area contributed by atoms with Gasteiger partial charge < -0.3 is 0 Å². The zero-order valence-electron chi connectivity index (χ0n) is 35.2. The van der Waals surface area contributed by atoms with Crippen LogP contribution in [0.25, 0.3) is 121 Å². The van der Waals surface area contributed by atoms with E-state index in [0.29, 0.717) is 0 Å². The fraction of sp³-hybridized carbons (Fsp3) is 0. The Bertz CT molecular complexity index is 3650. The summed E-state index contributed by atoms with van der Waals surface area (Å²) in [6.07, 6.45) is 0. The lowest BCUT2D eigenvalue weighted by Gasteiger charge is -2.19. The van der Waals surface area contributed by atoms with Crippen molar-refractivity contribution in [3.05, 3.63) is 255 Å². The van der Waals surface area contributed by atoms with Crippen molar-refractivity contribution >= 4 is 43.1 Å². The predicted octanol–water partition coefficient (Wildman–Crippen LogP) is 18.0. The van der Waals surface area contributed by atoms with Gasteiger partial charge in [-0.25, -0.2) is 0 Å². The Balaban J connectivity index is 1.00. The Morgan fingerprint density at radius 1 is 0.156 bits per heavy atom. The van der Waals surface area contributed by atoms with Crippen LogP contribution in [0.5, 0.6) is 0 Å². The average molecular weight is 811 g/mol. The third-order valence-electron chi connectivity index (χ3n) is 13.0. The van der Waals surface area contributed by atoms with E-state index < -0.39 is 0 Å². The molecular weight excluding hydrogens is 769 g/mol. The van der Waals surface area contributed by atoms with Crippen molar-refractivity contribution in [2.75, 3.05) is 0 Å². The first kappa shape index (κ1) is 37.4. The third-order valence-corrected chi connectivity index (χ3v) is 13.0. The van der Waals surface area contributed by atoms with Crippen LogP contribution in [0.3, 0.4) is 0 Å². The van der Waals surface area contributed by atoms with Crippen LogP contribution >= 0.6 is 0 Å². The van der Waals surface area contributed by atoms with Crippen LogP contribution in [-0.2, 0) is 0 Å². The molecule has 0 aliphatic carbocycles. The fourth-order valence-corrected chi connectivity index (χ4v) is 10.2. The van der Waals surface area contributed by atoms with Crippen LogP contribution in [-0.4, -0.2) is 0 Å². The summed E-state index contributed by atoms with van der Waals surface area (Å²) >= 11 is 0. The molecule has 0 atom stereocenters. The Kier molecular flexibility index (Phi) is 9.28. The molecule has 0 aromatic heterocycles. The number of fused-ring (bicyclic) bond motifs is 4. The Morgan fingerprint density at radius 2 is 0.453 bits per heavy atom. The molecule has 0 heteroatoms. The highest BCUT2D eigenvalue weighted by Gasteiger charge is 2.19. The molecule has 0 saturated heterocycles. The van der Waals surface area contributed by atoms with E-state index in [0.717, 1.165) is 0 Å². The summed E-state index contributed by atoms with van der Waals surface area (Å²) in [6.45, 7) is 0. The Morgan fingerprint density at radius 3 is 0.875 bits per heavy atom. The van der Waals surface area contributed by atoms with E-state index in [1.54, 1.807) is 0 Å². The molecule has 12 aromatic carbocycles. The zero-order chi connectivity index (χ0) is 42.4. The number of benzene rings is 12. The van der Waals surface area contributed by atoms with Crippen LogP contribution in [0.15, 0.2) is 255 Å². The van der Waals surface area contributed by atoms with Gasteiger partial charge in [0.2, 0.25) is 0 Å². The first-order chi connectivity index (χ1) is 31.8. The topological polar surface area (TPSA) is 0 Å². The summed E-state index contributed by atoms with van der Waals surface area (Å²) in [7, 11) is 0. The van der Waals surface area contributed by atoms with Crippen LogP contribution in [0.2, 0.25) is 0 Å². The van der Waals surface area contributed by atoms with Crippen LogP contribution in [0, 0.1) is 0 Å². The molecule has 0 fully saturated rings. The molecule has 0 unspecified atom stereocenters. The average Bonchev–Trinajstić information content (AvgIpc) is 3.37. The van der Waals surface area contributed by atoms with Gasteiger partial charge in [0, 0.05) is 0 Å². The van der Waals surface area contributed by atoms with Crippen LogP contribution in [0.4, 0.5) is 0 Å². The van der Waals surface area contributed by atoms with Crippen molar-refractivity contribution in [3.8, 4) is 77.9 Å². The van der Waals surface area contributed by atoms with Crippen molar-refractivity contribution < 1.29 is 0 Å². The molecule has 12 aromatic rings. The van der Waals surface area contributed by atoms with E-state index in [2.05, 4.69) is 255 Å². The van der Waals surface area contributed by atoms with E-state index >= 15 is 0 Å². The lowest BCUT2D eigenvalue weighted by molar-refractivity contribution is 1.58. The molecule has 0 saturated carbocycles. The molecule has 0 spiro atoms. The summed E-state index contributed by atoms with van der Waals surface area (Å²) < 4.78 is 0. The SMILES string of the molecule is c1ccc(-c2c(-c3cccc(-c4cccc(-c5c6ccccc6c(-c6cccc(-c7ccc8ccccc8c7-c7ccccc7)c6)c6ccccc56)c4)c3)ccc3ccccc23)cc1. The molecular formula is C64H42. The smallest absolute Gasteiger partial charge is 0.00262 e. The van der Waals surface area contributed by atoms with Gasteiger partial charge in [-0.2, -0.15) is 0 Å². The van der Waals surface area contributed by atoms with Gasteiger partial charge in [-0.3, -0.25) is 0 Å². The summed E-state index contributed by atoms with van der Waals surface area (Å²) in [6, 6.07) is 93.5. The van der Waals surface area contributed by atoms with Crippen LogP contribution in [0.1, 0.15) is 0 Å². The monoisotopic (exact) mass is 810 g/mol. The fourth-order valence-electron chi connectivity index (χ4n) is 10.2. The maximum Gasteiger partial charge on any atom is -0.00262 e. The Labute approximate surface area is 374 Å². The highest BCUT2D eigenvalue weighted by molar-refractivity contribution is 6.22. The van der Waals surface area contributed by atoms with Gasteiger partial charge in [-0.1, -0.05) is 237 Å². The Hall–Kier alpha value is -8.32. The molecule has 0 bridgehead atoms. The second kappa shape index (κ2) is 15.9. The molecule has 12 rings (SSSR count). The van der Waals surface area contributed by atoms with Gasteiger partial charge in [-0.05, 0) is 139 Å². The van der Waals surface area contributed by atoms with Gasteiger partial charge in [-0.15, -0.1) is 0 Å². The van der Waals surface area contributed by atoms with E-state index in [1.807, 2.05) is 0 Å². The molecule has 0 amide bonds. The van der Waals surface area contributed by atoms with Crippen molar-refractivity contribution in [1.82, 2.24) is 0 Å². The lowest BCUT2D eigenvalue weighted by Crippen LogP contribution is -1.92. The minimum Gasteiger partial charge on any atom is -0.0622 e. The molecule has 0 aliphatic rings. The molecule has 0 radical (unpaired) electrons. The molecule has 298 valence electrons. The predicted molar refractivity (Wildman–Crippen MR) is 275 cm³/mol. The lowest BCUT2D eigenvalue weighted by atomic mass is 9.84. The molecule has 64 heavy (non-hydrogen) atoms. The highest BCUT2D eigenvalue weighted by atomic mass is 14.2. The van der Waals surface area contributed by atoms with Gasteiger partial charge in [0.1, 0.15) is 0 Å². The first-order valence-electron chi connectivity index (χ1n) is 22.2. The molecule has 0 aliphatic heterocycles. The minimum absolute atomic E-state index is 1.19. The van der Waals surface area contributed by atoms with E-state index in [-0.39, 0.29) is 0 Å². The zero-order valence-corrected chi connectivity index (χ0v) is 35.2. The number of rotatable bonds is 7. The quantitative estimate of drug-likeness (QED) is 0.141. The summed E-state index contributed by atoms with van der Waals surface area (Å²) in [5, 5.41) is 9.98. The van der Waals surface area contributed by atoms with Gasteiger partial charge >= 0.3 is 0 Å². The minimum atomic E-state index is 1.19. The van der Waals surface area contributed by atoms with E-state index in [9.17, 15) is 0 Å². The van der Waals surface area contributed by atoms with Gasteiger partial charge in [0.15, 0.2) is 0 Å². The van der Waals surface area contributed by atoms with E-state index in [1.165, 1.54) is 121 Å². The second-order valence-corrected chi connectivity index (χ2v) is 16.7. The first-order valence-corrected chi connectivity index (χ1v) is 22.2. The van der Waals surface area contributed by atoms with Crippen molar-refractivity contribution in [3.63, 3.8) is 0 Å². The van der Waals surface area contributed by atoms with Crippen LogP contribution < -0.4 is 0 Å². The maximum atomic E-state index is 2.40. The van der Waals surface area contributed by atoms with E-state index in [4.69, 9.17) is 0 Å². The highest BCUT2D eigenvalue weighted by Crippen LogP contribution is 2.46. The van der Waals surface area contributed by atoms with Crippen molar-refractivity contribution in [2.45, 2.75) is 0 Å². The number of hydrogen-bond donors (Lipinski definition) is 0. The van der Waals surface area contributed by atoms with Gasteiger partial charge in [0.25, 0.3) is 0 Å². The summed E-state index contributed by atoms with van der Waals surface area (Å²) in [5.74, 6) is 0. The second-order valence-electron chi connectivity index (χ2n) is 16.7. The standard InChI is InChI=1S/C64H42/c1-3-20-45(21-4-1)61-53-30-9-7-18-43(53)36-38-55(61)49-26-15-24-47(40-49)48-25-16-28-51(41-48)63-57-32-11-13-34-59(57)64(60-35-14-12-33-58(60)63)52-29-17-27-50(42-52)56-39-37-44-19-8-10-31-54(44)62(56)46-22-5-2-6-23-46/h1-42H. The maximum absolute atomic E-state index is 2.40. The normalized spacial score (nSPS) is 11.4. The molecule has 0 N–H and O–H groups in total. The summed E-state index contributed by atoms with van der Waals surface area (Å²) in [4.78, 5) is 0. The molecule has 0 nitrogen and oxygen atoms in total. The number of hydrogen-bond acceptors (Lipinski definition) is 0. The molecule has 0 heterocycles. The van der Waals surface area contributed by atoms with Crippen molar-refractivity contribution in [1.29, 1.82) is 0 Å². The van der Waals surface area contributed by atoms with Gasteiger partial charge in [0.05, 0.1) is 0 Å². The third kappa shape index (κ3) is 6.48.